The van der Waals surface area contributed by atoms with E-state index in [9.17, 15) is 4.79 Å². The van der Waals surface area contributed by atoms with Crippen molar-refractivity contribution in [3.63, 3.8) is 0 Å². The number of likely N-dealkylation sites (tertiary alicyclic amines) is 1. The van der Waals surface area contributed by atoms with Gasteiger partial charge in [-0.2, -0.15) is 0 Å². The molecule has 0 saturated carbocycles. The molecule has 2 atom stereocenters. The third-order valence-corrected chi connectivity index (χ3v) is 5.65. The summed E-state index contributed by atoms with van der Waals surface area (Å²) in [6, 6.07) is 2.11. The lowest BCUT2D eigenvalue weighted by Crippen LogP contribution is -2.46. The Morgan fingerprint density at radius 1 is 1.56 bits per heavy atom. The minimum Gasteiger partial charge on any atom is -0.381 e. The molecule has 2 unspecified atom stereocenters. The van der Waals surface area contributed by atoms with Gasteiger partial charge in [-0.05, 0) is 57.7 Å². The molecule has 2 heterocycles. The first-order valence-corrected chi connectivity index (χ1v) is 8.21. The van der Waals surface area contributed by atoms with Crippen LogP contribution in [0.5, 0.6) is 0 Å². The zero-order valence-electron chi connectivity index (χ0n) is 10.3. The second-order valence-corrected chi connectivity index (χ2v) is 8.22. The predicted octanol–water partition coefficient (Wildman–Crippen LogP) is 3.91. The summed E-state index contributed by atoms with van der Waals surface area (Å²) in [6.45, 7) is 2.84. The number of hydrogen-bond acceptors (Lipinski definition) is 3. The largest absolute Gasteiger partial charge is 0.381 e. The molecule has 0 aromatic carbocycles. The van der Waals surface area contributed by atoms with Crippen molar-refractivity contribution in [1.82, 2.24) is 4.90 Å². The molecule has 1 aliphatic heterocycles. The van der Waals surface area contributed by atoms with Crippen LogP contribution in [0.2, 0.25) is 0 Å². The third-order valence-electron chi connectivity index (χ3n) is 3.31. The van der Waals surface area contributed by atoms with E-state index in [2.05, 4.69) is 38.8 Å². The average Bonchev–Trinajstić information content (AvgIpc) is 2.67. The van der Waals surface area contributed by atoms with Crippen LogP contribution < -0.4 is 0 Å². The number of rotatable bonds is 2. The van der Waals surface area contributed by atoms with E-state index in [1.807, 2.05) is 11.0 Å². The number of nitrogens with zero attached hydrogens (tertiary/aromatic N) is 1. The molecule has 0 bridgehead atoms. The van der Waals surface area contributed by atoms with Gasteiger partial charge in [0.1, 0.15) is 0 Å². The van der Waals surface area contributed by atoms with Crippen LogP contribution in [0.25, 0.3) is 0 Å². The van der Waals surface area contributed by atoms with Crippen LogP contribution >= 0.6 is 43.2 Å². The molecule has 0 aliphatic carbocycles. The highest BCUT2D eigenvalue weighted by Gasteiger charge is 2.30. The lowest BCUT2D eigenvalue weighted by atomic mass is 10.00. The van der Waals surface area contributed by atoms with E-state index in [0.29, 0.717) is 0 Å². The minimum absolute atomic E-state index is 0.103. The number of methoxy groups -OCH3 is 1. The number of ether oxygens (including phenoxy) is 1. The summed E-state index contributed by atoms with van der Waals surface area (Å²) in [4.78, 5) is 14.4. The van der Waals surface area contributed by atoms with Crippen molar-refractivity contribution in [2.24, 2.45) is 0 Å². The Morgan fingerprint density at radius 3 is 2.78 bits per heavy atom. The van der Waals surface area contributed by atoms with Gasteiger partial charge < -0.3 is 9.64 Å². The van der Waals surface area contributed by atoms with E-state index >= 15 is 0 Å². The number of carbonyl (C=O) groups is 1. The number of halogens is 2. The molecular weight excluding hydrogens is 382 g/mol. The zero-order valence-corrected chi connectivity index (χ0v) is 14.3. The lowest BCUT2D eigenvalue weighted by molar-refractivity contribution is 0.0160. The van der Waals surface area contributed by atoms with Crippen molar-refractivity contribution >= 4 is 49.1 Å². The van der Waals surface area contributed by atoms with Crippen molar-refractivity contribution in [3.8, 4) is 0 Å². The van der Waals surface area contributed by atoms with Gasteiger partial charge in [-0.15, -0.1) is 11.3 Å². The molecule has 1 aromatic heterocycles. The Hall–Kier alpha value is 0.0900. The molecule has 6 heteroatoms. The number of piperidine rings is 1. The predicted molar refractivity (Wildman–Crippen MR) is 80.2 cm³/mol. The normalized spacial score (nSPS) is 24.3. The topological polar surface area (TPSA) is 29.5 Å². The summed E-state index contributed by atoms with van der Waals surface area (Å²) in [6.07, 6.45) is 2.10. The van der Waals surface area contributed by atoms with E-state index in [0.717, 1.165) is 32.5 Å². The maximum atomic E-state index is 12.5. The highest BCUT2D eigenvalue weighted by molar-refractivity contribution is 9.12. The second-order valence-electron chi connectivity index (χ2n) is 4.47. The fraction of sp³-hybridized carbons (Fsp3) is 0.583. The molecule has 100 valence electrons. The van der Waals surface area contributed by atoms with Gasteiger partial charge in [-0.25, -0.2) is 0 Å². The monoisotopic (exact) mass is 395 g/mol. The van der Waals surface area contributed by atoms with Crippen LogP contribution in [0.1, 0.15) is 30.1 Å². The zero-order chi connectivity index (χ0) is 13.3. The van der Waals surface area contributed by atoms with Crippen LogP contribution in [0.4, 0.5) is 0 Å². The SMILES string of the molecule is COC1CCN(C(=O)c2cc(Br)sc2Br)C(C)C1. The summed E-state index contributed by atoms with van der Waals surface area (Å²) >= 11 is 8.38. The Morgan fingerprint density at radius 2 is 2.28 bits per heavy atom. The summed E-state index contributed by atoms with van der Waals surface area (Å²) in [5, 5.41) is 0. The maximum absolute atomic E-state index is 12.5. The fourth-order valence-corrected chi connectivity index (χ4v) is 5.06. The van der Waals surface area contributed by atoms with Gasteiger partial charge in [-0.1, -0.05) is 0 Å². The van der Waals surface area contributed by atoms with Crippen LogP contribution in [-0.2, 0) is 4.74 Å². The van der Waals surface area contributed by atoms with E-state index in [-0.39, 0.29) is 18.1 Å². The molecule has 1 aliphatic rings. The summed E-state index contributed by atoms with van der Waals surface area (Å²) in [5.74, 6) is 0.103. The van der Waals surface area contributed by atoms with Crippen LogP contribution in [-0.4, -0.2) is 36.6 Å². The first kappa shape index (κ1) is 14.5. The quantitative estimate of drug-likeness (QED) is 0.758. The van der Waals surface area contributed by atoms with E-state index < -0.39 is 0 Å². The molecule has 0 radical (unpaired) electrons. The van der Waals surface area contributed by atoms with Gasteiger partial charge in [0, 0.05) is 19.7 Å². The Balaban J connectivity index is 2.12. The molecule has 2 rings (SSSR count). The van der Waals surface area contributed by atoms with Crippen LogP contribution in [0, 0.1) is 0 Å². The first-order chi connectivity index (χ1) is 8.52. The van der Waals surface area contributed by atoms with Crippen molar-refractivity contribution in [1.29, 1.82) is 0 Å². The van der Waals surface area contributed by atoms with E-state index in [1.54, 1.807) is 7.11 Å². The Kier molecular flexibility index (Phi) is 4.86. The van der Waals surface area contributed by atoms with Crippen molar-refractivity contribution < 1.29 is 9.53 Å². The summed E-state index contributed by atoms with van der Waals surface area (Å²) in [7, 11) is 1.74. The smallest absolute Gasteiger partial charge is 0.256 e. The molecular formula is C12H15Br2NO2S. The van der Waals surface area contributed by atoms with Gasteiger partial charge >= 0.3 is 0 Å². The van der Waals surface area contributed by atoms with Crippen molar-refractivity contribution in [2.75, 3.05) is 13.7 Å². The summed E-state index contributed by atoms with van der Waals surface area (Å²) < 4.78 is 7.23. The Bertz CT molecular complexity index is 449. The standard InChI is InChI=1S/C12H15Br2NO2S/c1-7-5-8(17-2)3-4-15(7)12(16)9-6-10(13)18-11(9)14/h6-8H,3-5H2,1-2H3. The van der Waals surface area contributed by atoms with Crippen LogP contribution in [0.15, 0.2) is 13.6 Å². The number of amides is 1. The molecule has 3 nitrogen and oxygen atoms in total. The van der Waals surface area contributed by atoms with Crippen molar-refractivity contribution in [2.45, 2.75) is 31.9 Å². The fourth-order valence-electron chi connectivity index (χ4n) is 2.29. The maximum Gasteiger partial charge on any atom is 0.256 e. The van der Waals surface area contributed by atoms with Gasteiger partial charge in [0.2, 0.25) is 0 Å². The van der Waals surface area contributed by atoms with Gasteiger partial charge in [0.05, 0.1) is 19.2 Å². The Labute approximate surface area is 128 Å². The molecule has 1 amide bonds. The molecule has 1 aromatic rings. The van der Waals surface area contributed by atoms with Crippen LogP contribution in [0.3, 0.4) is 0 Å². The molecule has 1 fully saturated rings. The molecule has 18 heavy (non-hydrogen) atoms. The third kappa shape index (κ3) is 2.98. The molecule has 0 spiro atoms. The summed E-state index contributed by atoms with van der Waals surface area (Å²) in [5.41, 5.74) is 0.745. The minimum atomic E-state index is 0.103. The van der Waals surface area contributed by atoms with Crippen molar-refractivity contribution in [3.05, 3.63) is 19.2 Å². The number of carbonyl (C=O) groups excluding carboxylic acids is 1. The van der Waals surface area contributed by atoms with E-state index in [4.69, 9.17) is 4.74 Å². The molecule has 0 N–H and O–H groups in total. The number of thiophene rings is 1. The highest BCUT2D eigenvalue weighted by atomic mass is 79.9. The van der Waals surface area contributed by atoms with E-state index in [1.165, 1.54) is 11.3 Å². The second kappa shape index (κ2) is 6.03. The van der Waals surface area contributed by atoms with Gasteiger partial charge in [0.15, 0.2) is 0 Å². The first-order valence-electron chi connectivity index (χ1n) is 5.81. The van der Waals surface area contributed by atoms with Gasteiger partial charge in [0.25, 0.3) is 5.91 Å². The average molecular weight is 397 g/mol. The lowest BCUT2D eigenvalue weighted by Gasteiger charge is -2.37. The highest BCUT2D eigenvalue weighted by Crippen LogP contribution is 2.33. The van der Waals surface area contributed by atoms with Gasteiger partial charge in [-0.3, -0.25) is 4.79 Å². The molecule has 1 saturated heterocycles. The number of hydrogen-bond donors (Lipinski definition) is 0.